The third-order valence-electron chi connectivity index (χ3n) is 3.95. The highest BCUT2D eigenvalue weighted by Gasteiger charge is 1.82. The SMILES string of the molecule is Brc1ccccc1.CC.CC.CC.CC.CCc1ccccc1.O=Cc1ccccc1.OCc1ccccc1. The second-order valence-electron chi connectivity index (χ2n) is 6.31. The Morgan fingerprint density at radius 2 is 0.846 bits per heavy atom. The number of carbonyl (C=O) groups is 1. The fraction of sp³-hybridized carbons (Fsp3) is 0.306. The topological polar surface area (TPSA) is 37.3 Å². The number of carbonyl (C=O) groups excluding carboxylic acids is 1. The van der Waals surface area contributed by atoms with Crippen molar-refractivity contribution in [2.45, 2.75) is 75.3 Å². The summed E-state index contributed by atoms with van der Waals surface area (Å²) in [5, 5.41) is 8.54. The van der Waals surface area contributed by atoms with Crippen molar-refractivity contribution >= 4 is 22.2 Å². The Morgan fingerprint density at radius 1 is 0.538 bits per heavy atom. The molecule has 4 rings (SSSR count). The van der Waals surface area contributed by atoms with Crippen molar-refractivity contribution in [2.75, 3.05) is 0 Å². The van der Waals surface area contributed by atoms with E-state index in [9.17, 15) is 4.79 Å². The second-order valence-corrected chi connectivity index (χ2v) is 7.22. The summed E-state index contributed by atoms with van der Waals surface area (Å²) in [5.74, 6) is 0. The summed E-state index contributed by atoms with van der Waals surface area (Å²) < 4.78 is 1.13. The number of hydrogen-bond acceptors (Lipinski definition) is 2. The van der Waals surface area contributed by atoms with Crippen molar-refractivity contribution < 1.29 is 9.90 Å². The van der Waals surface area contributed by atoms with E-state index < -0.39 is 0 Å². The van der Waals surface area contributed by atoms with Crippen LogP contribution in [0.15, 0.2) is 126 Å². The zero-order chi connectivity index (χ0) is 30.6. The molecule has 39 heavy (non-hydrogen) atoms. The minimum absolute atomic E-state index is 0.140. The molecule has 0 amide bonds. The second kappa shape index (κ2) is 39.5. The minimum atomic E-state index is 0.140. The molecule has 2 nitrogen and oxygen atoms in total. The van der Waals surface area contributed by atoms with Crippen LogP contribution in [0.5, 0.6) is 0 Å². The van der Waals surface area contributed by atoms with Crippen LogP contribution in [0.3, 0.4) is 0 Å². The van der Waals surface area contributed by atoms with E-state index in [1.54, 1.807) is 12.1 Å². The molecule has 0 aliphatic rings. The third-order valence-corrected chi connectivity index (χ3v) is 4.47. The predicted octanol–water partition coefficient (Wildman–Crippen LogP) is 11.5. The lowest BCUT2D eigenvalue weighted by Gasteiger charge is -1.89. The monoisotopic (exact) mass is 596 g/mol. The van der Waals surface area contributed by atoms with Crippen molar-refractivity contribution in [3.05, 3.63) is 142 Å². The summed E-state index contributed by atoms with van der Waals surface area (Å²) in [7, 11) is 0. The maximum atomic E-state index is 10.0. The van der Waals surface area contributed by atoms with E-state index in [1.807, 2.05) is 140 Å². The highest BCUT2D eigenvalue weighted by molar-refractivity contribution is 9.10. The summed E-state index contributed by atoms with van der Waals surface area (Å²) in [5.41, 5.74) is 3.10. The summed E-state index contributed by atoms with van der Waals surface area (Å²) in [6.45, 7) is 18.3. The average molecular weight is 598 g/mol. The Labute approximate surface area is 249 Å². The first-order chi connectivity index (χ1) is 19.2. The summed E-state index contributed by atoms with van der Waals surface area (Å²) in [6.07, 6.45) is 1.97. The van der Waals surface area contributed by atoms with Gasteiger partial charge in [0.2, 0.25) is 0 Å². The Kier molecular flexibility index (Phi) is 43.6. The van der Waals surface area contributed by atoms with Gasteiger partial charge in [0.05, 0.1) is 6.61 Å². The molecule has 1 N–H and O–H groups in total. The van der Waals surface area contributed by atoms with Crippen molar-refractivity contribution in [3.63, 3.8) is 0 Å². The molecule has 0 radical (unpaired) electrons. The van der Waals surface area contributed by atoms with E-state index in [4.69, 9.17) is 5.11 Å². The quantitative estimate of drug-likeness (QED) is 0.239. The van der Waals surface area contributed by atoms with Gasteiger partial charge >= 0.3 is 0 Å². The lowest BCUT2D eigenvalue weighted by atomic mass is 10.2. The van der Waals surface area contributed by atoms with Crippen molar-refractivity contribution in [1.82, 2.24) is 0 Å². The van der Waals surface area contributed by atoms with Crippen LogP contribution in [0.25, 0.3) is 0 Å². The van der Waals surface area contributed by atoms with Crippen LogP contribution in [-0.2, 0) is 13.0 Å². The van der Waals surface area contributed by atoms with Crippen LogP contribution in [0.4, 0.5) is 0 Å². The standard InChI is InChI=1S/C8H10.C7H8O.C7H6O.C6H5Br.4C2H6/c1-2-8-6-4-3-5-7-8;2*8-6-7-4-2-1-3-5-7;7-6-4-2-1-3-5-6;4*1-2/h3-7H,2H2,1H3;1-5,8H,6H2;1-6H;1-5H;4*1-2H3. The summed E-state index contributed by atoms with van der Waals surface area (Å²) in [4.78, 5) is 10.0. The third kappa shape index (κ3) is 31.1. The van der Waals surface area contributed by atoms with Crippen LogP contribution in [0.1, 0.15) is 83.8 Å². The first-order valence-corrected chi connectivity index (χ1v) is 14.9. The van der Waals surface area contributed by atoms with Crippen molar-refractivity contribution in [3.8, 4) is 0 Å². The van der Waals surface area contributed by atoms with E-state index in [-0.39, 0.29) is 6.61 Å². The van der Waals surface area contributed by atoms with Crippen LogP contribution in [0.2, 0.25) is 0 Å². The van der Waals surface area contributed by atoms with E-state index in [2.05, 4.69) is 47.1 Å². The molecule has 0 aliphatic carbocycles. The van der Waals surface area contributed by atoms with E-state index in [1.165, 1.54) is 5.56 Å². The molecule has 4 aromatic carbocycles. The molecule has 0 spiro atoms. The number of aryl methyl sites for hydroxylation is 1. The zero-order valence-corrected chi connectivity index (χ0v) is 27.4. The number of benzene rings is 4. The number of rotatable bonds is 3. The van der Waals surface area contributed by atoms with Crippen molar-refractivity contribution in [2.24, 2.45) is 0 Å². The van der Waals surface area contributed by atoms with Crippen LogP contribution in [-0.4, -0.2) is 11.4 Å². The molecule has 3 heteroatoms. The van der Waals surface area contributed by atoms with Crippen LogP contribution in [0, 0.1) is 0 Å². The average Bonchev–Trinajstić information content (AvgIpc) is 3.07. The highest BCUT2D eigenvalue weighted by atomic mass is 79.9. The van der Waals surface area contributed by atoms with Gasteiger partial charge in [0.1, 0.15) is 6.29 Å². The number of aliphatic hydroxyl groups is 1. The lowest BCUT2D eigenvalue weighted by Crippen LogP contribution is -1.77. The van der Waals surface area contributed by atoms with Gasteiger partial charge in [-0.1, -0.05) is 187 Å². The van der Waals surface area contributed by atoms with Gasteiger partial charge in [0.25, 0.3) is 0 Å². The fourth-order valence-electron chi connectivity index (χ4n) is 2.24. The highest BCUT2D eigenvalue weighted by Crippen LogP contribution is 2.05. The van der Waals surface area contributed by atoms with E-state index >= 15 is 0 Å². The normalized spacial score (nSPS) is 7.67. The van der Waals surface area contributed by atoms with Gasteiger partial charge in [-0.15, -0.1) is 0 Å². The number of halogens is 1. The summed E-state index contributed by atoms with van der Waals surface area (Å²) >= 11 is 3.31. The minimum Gasteiger partial charge on any atom is -0.392 e. The van der Waals surface area contributed by atoms with Gasteiger partial charge in [0, 0.05) is 10.0 Å². The summed E-state index contributed by atoms with van der Waals surface area (Å²) in [6, 6.07) is 39.0. The van der Waals surface area contributed by atoms with Crippen molar-refractivity contribution in [1.29, 1.82) is 0 Å². The lowest BCUT2D eigenvalue weighted by molar-refractivity contribution is 0.112. The molecule has 0 saturated heterocycles. The molecule has 0 atom stereocenters. The number of aliphatic hydroxyl groups excluding tert-OH is 1. The fourth-order valence-corrected chi connectivity index (χ4v) is 2.55. The molecule has 0 heterocycles. The van der Waals surface area contributed by atoms with Gasteiger partial charge in [0.15, 0.2) is 0 Å². The molecule has 4 aromatic rings. The number of aldehydes is 1. The molecule has 0 fully saturated rings. The maximum absolute atomic E-state index is 10.0. The first kappa shape index (κ1) is 43.1. The van der Waals surface area contributed by atoms with Gasteiger partial charge < -0.3 is 5.11 Å². The Morgan fingerprint density at radius 3 is 1.03 bits per heavy atom. The van der Waals surface area contributed by atoms with Gasteiger partial charge in [-0.05, 0) is 29.7 Å². The van der Waals surface area contributed by atoms with E-state index in [0.29, 0.717) is 0 Å². The maximum Gasteiger partial charge on any atom is 0.150 e. The predicted molar refractivity (Wildman–Crippen MR) is 180 cm³/mol. The Balaban J connectivity index is -0.000000193. The molecule has 0 unspecified atom stereocenters. The van der Waals surface area contributed by atoms with Gasteiger partial charge in [-0.3, -0.25) is 4.79 Å². The smallest absolute Gasteiger partial charge is 0.150 e. The molecule has 0 aliphatic heterocycles. The van der Waals surface area contributed by atoms with Gasteiger partial charge in [-0.2, -0.15) is 0 Å². The molecule has 0 saturated carbocycles. The Hall–Kier alpha value is -3.01. The molecule has 0 bridgehead atoms. The molecular formula is C36H53BrO2. The molecule has 0 aromatic heterocycles. The molecular weight excluding hydrogens is 544 g/mol. The molecule has 216 valence electrons. The number of hydrogen-bond donors (Lipinski definition) is 1. The largest absolute Gasteiger partial charge is 0.392 e. The zero-order valence-electron chi connectivity index (χ0n) is 25.8. The van der Waals surface area contributed by atoms with Crippen LogP contribution >= 0.6 is 15.9 Å². The van der Waals surface area contributed by atoms with Gasteiger partial charge in [-0.25, -0.2) is 0 Å². The van der Waals surface area contributed by atoms with E-state index in [0.717, 1.165) is 28.3 Å². The van der Waals surface area contributed by atoms with Crippen LogP contribution < -0.4 is 0 Å². The first-order valence-electron chi connectivity index (χ1n) is 14.1. The Bertz CT molecular complexity index is 874.